The highest BCUT2D eigenvalue weighted by Gasteiger charge is 2.07. The van der Waals surface area contributed by atoms with E-state index in [0.29, 0.717) is 5.69 Å². The van der Waals surface area contributed by atoms with Gasteiger partial charge in [-0.2, -0.15) is 0 Å². The Hall–Kier alpha value is -2.36. The third kappa shape index (κ3) is 2.57. The summed E-state index contributed by atoms with van der Waals surface area (Å²) in [6.07, 6.45) is 1.32. The molecule has 0 fully saturated rings. The van der Waals surface area contributed by atoms with Crippen molar-refractivity contribution in [1.82, 2.24) is 4.57 Å². The first-order chi connectivity index (χ1) is 8.88. The van der Waals surface area contributed by atoms with E-state index in [1.54, 1.807) is 11.5 Å². The molecule has 4 nitrogen and oxygen atoms in total. The Labute approximate surface area is 110 Å². The minimum atomic E-state index is -1.46. The van der Waals surface area contributed by atoms with E-state index in [-0.39, 0.29) is 5.56 Å². The minimum Gasteiger partial charge on any atom is -0.545 e. The van der Waals surface area contributed by atoms with Crippen molar-refractivity contribution in [2.75, 3.05) is 0 Å². The van der Waals surface area contributed by atoms with E-state index in [2.05, 4.69) is 0 Å². The lowest BCUT2D eigenvalue weighted by Gasteiger charge is -2.14. The molecule has 1 heterocycles. The van der Waals surface area contributed by atoms with Gasteiger partial charge in [0.25, 0.3) is 0 Å². The zero-order valence-electron chi connectivity index (χ0n) is 11.1. The first kappa shape index (κ1) is 13.1. The van der Waals surface area contributed by atoms with Gasteiger partial charge in [0.05, 0.1) is 11.5 Å². The molecule has 0 amide bonds. The molecule has 0 unspecified atom stereocenters. The van der Waals surface area contributed by atoms with Crippen LogP contribution in [0.1, 0.15) is 27.2 Å². The first-order valence-corrected chi connectivity index (χ1v) is 5.92. The van der Waals surface area contributed by atoms with Crippen molar-refractivity contribution in [3.8, 4) is 5.69 Å². The van der Waals surface area contributed by atoms with Gasteiger partial charge in [0, 0.05) is 23.6 Å². The Morgan fingerprint density at radius 3 is 2.16 bits per heavy atom. The standard InChI is InChI=1S/C15H15NO3/c1-9-4-10(2)6-12(5-9)16-8-13(15(18)19)14(17)7-11(16)3/h4-8H,1-3H3,(H,18,19)/p-1. The van der Waals surface area contributed by atoms with Gasteiger partial charge < -0.3 is 14.5 Å². The number of pyridine rings is 1. The van der Waals surface area contributed by atoms with E-state index in [1.807, 2.05) is 32.0 Å². The van der Waals surface area contributed by atoms with Crippen molar-refractivity contribution < 1.29 is 9.90 Å². The number of hydrogen-bond donors (Lipinski definition) is 0. The fourth-order valence-corrected chi connectivity index (χ4v) is 2.15. The van der Waals surface area contributed by atoms with Crippen LogP contribution in [-0.2, 0) is 0 Å². The van der Waals surface area contributed by atoms with E-state index in [9.17, 15) is 14.7 Å². The van der Waals surface area contributed by atoms with Crippen LogP contribution >= 0.6 is 0 Å². The summed E-state index contributed by atoms with van der Waals surface area (Å²) in [6, 6.07) is 7.21. The van der Waals surface area contributed by atoms with Gasteiger partial charge >= 0.3 is 0 Å². The highest BCUT2D eigenvalue weighted by atomic mass is 16.4. The second-order valence-corrected chi connectivity index (χ2v) is 4.70. The van der Waals surface area contributed by atoms with Gasteiger partial charge in [0.2, 0.25) is 0 Å². The zero-order valence-corrected chi connectivity index (χ0v) is 11.1. The molecule has 1 aromatic heterocycles. The van der Waals surface area contributed by atoms with Gasteiger partial charge in [-0.1, -0.05) is 6.07 Å². The maximum absolute atomic E-state index is 11.6. The molecule has 0 spiro atoms. The molecule has 2 rings (SSSR count). The third-order valence-electron chi connectivity index (χ3n) is 2.95. The van der Waals surface area contributed by atoms with Crippen molar-refractivity contribution >= 4 is 5.97 Å². The molecule has 0 atom stereocenters. The predicted molar refractivity (Wildman–Crippen MR) is 70.6 cm³/mol. The van der Waals surface area contributed by atoms with Crippen molar-refractivity contribution in [3.63, 3.8) is 0 Å². The molecule has 98 valence electrons. The number of aromatic nitrogens is 1. The maximum Gasteiger partial charge on any atom is 0.190 e. The van der Waals surface area contributed by atoms with Crippen molar-refractivity contribution in [2.45, 2.75) is 20.8 Å². The van der Waals surface area contributed by atoms with E-state index >= 15 is 0 Å². The lowest BCUT2D eigenvalue weighted by molar-refractivity contribution is -0.255. The number of carboxylic acid groups (broad SMARTS) is 1. The lowest BCUT2D eigenvalue weighted by atomic mass is 10.1. The van der Waals surface area contributed by atoms with Crippen molar-refractivity contribution in [2.24, 2.45) is 0 Å². The molecule has 2 aromatic rings. The quantitative estimate of drug-likeness (QED) is 0.809. The summed E-state index contributed by atoms with van der Waals surface area (Å²) >= 11 is 0. The molecule has 0 N–H and O–H groups in total. The van der Waals surface area contributed by atoms with Crippen LogP contribution in [0.3, 0.4) is 0 Å². The summed E-state index contributed by atoms with van der Waals surface area (Å²) in [6.45, 7) is 5.69. The Balaban J connectivity index is 2.71. The fraction of sp³-hybridized carbons (Fsp3) is 0.200. The number of nitrogens with zero attached hydrogens (tertiary/aromatic N) is 1. The van der Waals surface area contributed by atoms with Gasteiger partial charge in [-0.15, -0.1) is 0 Å². The van der Waals surface area contributed by atoms with Crippen LogP contribution in [0, 0.1) is 20.8 Å². The van der Waals surface area contributed by atoms with E-state index in [4.69, 9.17) is 0 Å². The number of carboxylic acids is 1. The second-order valence-electron chi connectivity index (χ2n) is 4.70. The molecule has 1 aromatic carbocycles. The van der Waals surface area contributed by atoms with Gasteiger partial charge in [-0.3, -0.25) is 4.79 Å². The average molecular weight is 256 g/mol. The number of aryl methyl sites for hydroxylation is 3. The number of benzene rings is 1. The smallest absolute Gasteiger partial charge is 0.190 e. The van der Waals surface area contributed by atoms with Crippen LogP contribution in [0.2, 0.25) is 0 Å². The monoisotopic (exact) mass is 256 g/mol. The number of carbonyl (C=O) groups excluding carboxylic acids is 1. The summed E-state index contributed by atoms with van der Waals surface area (Å²) in [5, 5.41) is 10.9. The first-order valence-electron chi connectivity index (χ1n) is 5.92. The molecule has 0 aliphatic carbocycles. The molecule has 4 heteroatoms. The third-order valence-corrected chi connectivity index (χ3v) is 2.95. The predicted octanol–water partition coefficient (Wildman–Crippen LogP) is 1.13. The number of aromatic carboxylic acids is 1. The summed E-state index contributed by atoms with van der Waals surface area (Å²) in [7, 11) is 0. The molecule has 0 bridgehead atoms. The lowest BCUT2D eigenvalue weighted by Crippen LogP contribution is -2.30. The average Bonchev–Trinajstić information content (AvgIpc) is 2.26. The highest BCUT2D eigenvalue weighted by Crippen LogP contribution is 2.15. The summed E-state index contributed by atoms with van der Waals surface area (Å²) in [4.78, 5) is 22.5. The van der Waals surface area contributed by atoms with Crippen LogP contribution in [-0.4, -0.2) is 10.5 Å². The van der Waals surface area contributed by atoms with Crippen LogP contribution in [0.5, 0.6) is 0 Å². The Morgan fingerprint density at radius 2 is 1.63 bits per heavy atom. The van der Waals surface area contributed by atoms with E-state index in [1.165, 1.54) is 12.3 Å². The second kappa shape index (κ2) is 4.72. The Kier molecular flexibility index (Phi) is 3.25. The van der Waals surface area contributed by atoms with Gasteiger partial charge in [0.1, 0.15) is 0 Å². The summed E-state index contributed by atoms with van der Waals surface area (Å²) in [5.41, 5.74) is 2.80. The topological polar surface area (TPSA) is 62.1 Å². The van der Waals surface area contributed by atoms with Crippen LogP contribution in [0.4, 0.5) is 0 Å². The molecule has 0 radical (unpaired) electrons. The largest absolute Gasteiger partial charge is 0.545 e. The molecular formula is C15H14NO3-. The summed E-state index contributed by atoms with van der Waals surface area (Å²) < 4.78 is 1.69. The normalized spacial score (nSPS) is 10.5. The van der Waals surface area contributed by atoms with E-state index in [0.717, 1.165) is 16.8 Å². The number of rotatable bonds is 2. The number of carbonyl (C=O) groups is 1. The van der Waals surface area contributed by atoms with Gasteiger partial charge in [0.15, 0.2) is 5.43 Å². The Bertz CT molecular complexity index is 694. The van der Waals surface area contributed by atoms with Crippen LogP contribution < -0.4 is 10.5 Å². The molecule has 0 aliphatic rings. The molecule has 19 heavy (non-hydrogen) atoms. The van der Waals surface area contributed by atoms with Gasteiger partial charge in [-0.25, -0.2) is 0 Å². The SMILES string of the molecule is Cc1cc(C)cc(-n2cc(C(=O)[O-])c(=O)cc2C)c1. The van der Waals surface area contributed by atoms with E-state index < -0.39 is 11.4 Å². The zero-order chi connectivity index (χ0) is 14.2. The minimum absolute atomic E-state index is 0.329. The number of hydrogen-bond acceptors (Lipinski definition) is 3. The van der Waals surface area contributed by atoms with Crippen LogP contribution in [0.25, 0.3) is 5.69 Å². The van der Waals surface area contributed by atoms with Crippen molar-refractivity contribution in [3.05, 3.63) is 63.1 Å². The maximum atomic E-state index is 11.6. The van der Waals surface area contributed by atoms with Crippen LogP contribution in [0.15, 0.2) is 35.3 Å². The van der Waals surface area contributed by atoms with Crippen molar-refractivity contribution in [1.29, 1.82) is 0 Å². The molecule has 0 saturated heterocycles. The summed E-state index contributed by atoms with van der Waals surface area (Å²) in [5.74, 6) is -1.46. The fourth-order valence-electron chi connectivity index (χ4n) is 2.15. The Morgan fingerprint density at radius 1 is 1.05 bits per heavy atom. The molecule has 0 aliphatic heterocycles. The highest BCUT2D eigenvalue weighted by molar-refractivity contribution is 5.85. The molecule has 0 saturated carbocycles. The van der Waals surface area contributed by atoms with Gasteiger partial charge in [-0.05, 0) is 44.0 Å². The molecular weight excluding hydrogens is 242 g/mol.